The first-order valence-electron chi connectivity index (χ1n) is 8.15. The van der Waals surface area contributed by atoms with Gasteiger partial charge in [0.2, 0.25) is 11.8 Å². The number of nitrogens with zero attached hydrogens (tertiary/aromatic N) is 1. The second-order valence-corrected chi connectivity index (χ2v) is 6.33. The third kappa shape index (κ3) is 5.19. The van der Waals surface area contributed by atoms with Gasteiger partial charge in [-0.1, -0.05) is 18.2 Å². The van der Waals surface area contributed by atoms with Crippen LogP contribution in [0.3, 0.4) is 0 Å². The van der Waals surface area contributed by atoms with Gasteiger partial charge in [0, 0.05) is 5.92 Å². The van der Waals surface area contributed by atoms with Crippen LogP contribution in [-0.2, 0) is 15.8 Å². The normalized spacial score (nSPS) is 17.9. The summed E-state index contributed by atoms with van der Waals surface area (Å²) in [7, 11) is 0. The van der Waals surface area contributed by atoms with Crippen LogP contribution in [0.4, 0.5) is 13.2 Å². The molecule has 0 radical (unpaired) electrons. The minimum Gasteiger partial charge on any atom is -0.369 e. The van der Waals surface area contributed by atoms with Crippen LogP contribution in [0, 0.1) is 5.92 Å². The zero-order valence-electron chi connectivity index (χ0n) is 14.0. The molecule has 1 fully saturated rings. The fourth-order valence-electron chi connectivity index (χ4n) is 3.12. The first-order valence-corrected chi connectivity index (χ1v) is 8.15. The predicted octanol–water partition coefficient (Wildman–Crippen LogP) is 2.08. The van der Waals surface area contributed by atoms with E-state index in [1.54, 1.807) is 6.92 Å². The number of piperidine rings is 1. The molecule has 0 aromatic heterocycles. The van der Waals surface area contributed by atoms with Crippen molar-refractivity contribution in [1.82, 2.24) is 10.2 Å². The topological polar surface area (TPSA) is 75.4 Å². The molecule has 1 aromatic carbocycles. The molecule has 1 heterocycles. The summed E-state index contributed by atoms with van der Waals surface area (Å²) in [6.45, 7) is 2.83. The average Bonchev–Trinajstić information content (AvgIpc) is 2.54. The van der Waals surface area contributed by atoms with E-state index < -0.39 is 23.7 Å². The molecule has 1 aromatic rings. The highest BCUT2D eigenvalue weighted by Gasteiger charge is 2.35. The van der Waals surface area contributed by atoms with Crippen LogP contribution in [0.1, 0.15) is 36.9 Å². The summed E-state index contributed by atoms with van der Waals surface area (Å²) < 4.78 is 39.3. The van der Waals surface area contributed by atoms with Crippen molar-refractivity contribution in [2.24, 2.45) is 11.7 Å². The molecule has 138 valence electrons. The zero-order chi connectivity index (χ0) is 18.6. The molecule has 25 heavy (non-hydrogen) atoms. The number of hydrogen-bond acceptors (Lipinski definition) is 3. The molecule has 1 saturated heterocycles. The van der Waals surface area contributed by atoms with Crippen molar-refractivity contribution in [3.63, 3.8) is 0 Å². The molecule has 2 amide bonds. The minimum absolute atomic E-state index is 0.0505. The first-order chi connectivity index (χ1) is 11.7. The molecule has 0 aliphatic carbocycles. The molecule has 1 aliphatic rings. The molecular weight excluding hydrogens is 335 g/mol. The number of hydrogen-bond donors (Lipinski definition) is 2. The lowest BCUT2D eigenvalue weighted by Crippen LogP contribution is -2.43. The van der Waals surface area contributed by atoms with Crippen LogP contribution in [0.5, 0.6) is 0 Å². The largest absolute Gasteiger partial charge is 0.416 e. The number of halogens is 3. The quantitative estimate of drug-likeness (QED) is 0.847. The van der Waals surface area contributed by atoms with E-state index in [0.717, 1.165) is 6.07 Å². The number of benzene rings is 1. The number of carbonyl (C=O) groups excluding carboxylic acids is 2. The van der Waals surface area contributed by atoms with Crippen LogP contribution in [-0.4, -0.2) is 36.3 Å². The summed E-state index contributed by atoms with van der Waals surface area (Å²) in [6, 6.07) is 4.50. The Balaban J connectivity index is 1.97. The highest BCUT2D eigenvalue weighted by atomic mass is 19.4. The van der Waals surface area contributed by atoms with Gasteiger partial charge in [-0.2, -0.15) is 13.2 Å². The molecule has 0 spiro atoms. The lowest BCUT2D eigenvalue weighted by atomic mass is 9.94. The van der Waals surface area contributed by atoms with Gasteiger partial charge in [0.05, 0.1) is 18.2 Å². The van der Waals surface area contributed by atoms with Crippen LogP contribution < -0.4 is 11.1 Å². The van der Waals surface area contributed by atoms with E-state index in [9.17, 15) is 22.8 Å². The standard InChI is InChI=1S/C17H22F3N3O2/c1-11(13-4-2-3-5-14(13)17(18,19)20)22-16(25)12-6-8-23(9-7-12)10-15(21)24/h2-5,11-12H,6-10H2,1H3,(H2,21,24)(H,22,25)/t11-/m1/s1. The van der Waals surface area contributed by atoms with Crippen molar-refractivity contribution in [3.8, 4) is 0 Å². The van der Waals surface area contributed by atoms with Crippen molar-refractivity contribution in [1.29, 1.82) is 0 Å². The fraction of sp³-hybridized carbons (Fsp3) is 0.529. The predicted molar refractivity (Wildman–Crippen MR) is 86.4 cm³/mol. The zero-order valence-corrected chi connectivity index (χ0v) is 14.0. The molecule has 1 aliphatic heterocycles. The van der Waals surface area contributed by atoms with Gasteiger partial charge in [-0.05, 0) is 44.5 Å². The van der Waals surface area contributed by atoms with E-state index in [1.165, 1.54) is 18.2 Å². The van der Waals surface area contributed by atoms with Crippen molar-refractivity contribution < 1.29 is 22.8 Å². The van der Waals surface area contributed by atoms with Gasteiger partial charge in [0.15, 0.2) is 0 Å². The van der Waals surface area contributed by atoms with Gasteiger partial charge >= 0.3 is 6.18 Å². The summed E-state index contributed by atoms with van der Waals surface area (Å²) in [5, 5.41) is 2.68. The molecular formula is C17H22F3N3O2. The highest BCUT2D eigenvalue weighted by Crippen LogP contribution is 2.34. The van der Waals surface area contributed by atoms with E-state index >= 15 is 0 Å². The first kappa shape index (κ1) is 19.2. The van der Waals surface area contributed by atoms with Crippen molar-refractivity contribution in [2.45, 2.75) is 32.0 Å². The second-order valence-electron chi connectivity index (χ2n) is 6.33. The van der Waals surface area contributed by atoms with Gasteiger partial charge in [-0.3, -0.25) is 14.5 Å². The summed E-state index contributed by atoms with van der Waals surface area (Å²) in [4.78, 5) is 25.1. The number of amides is 2. The van der Waals surface area contributed by atoms with E-state index in [4.69, 9.17) is 5.73 Å². The van der Waals surface area contributed by atoms with E-state index in [2.05, 4.69) is 5.32 Å². The minimum atomic E-state index is -4.46. The lowest BCUT2D eigenvalue weighted by Gasteiger charge is -2.31. The van der Waals surface area contributed by atoms with E-state index in [0.29, 0.717) is 25.9 Å². The van der Waals surface area contributed by atoms with Gasteiger partial charge < -0.3 is 11.1 Å². The monoisotopic (exact) mass is 357 g/mol. The summed E-state index contributed by atoms with van der Waals surface area (Å²) in [6.07, 6.45) is -3.37. The molecule has 0 saturated carbocycles. The fourth-order valence-corrected chi connectivity index (χ4v) is 3.12. The molecule has 2 rings (SSSR count). The third-order valence-electron chi connectivity index (χ3n) is 4.43. The Morgan fingerprint density at radius 1 is 1.28 bits per heavy atom. The Bertz CT molecular complexity index is 626. The Morgan fingerprint density at radius 2 is 1.88 bits per heavy atom. The number of likely N-dealkylation sites (tertiary alicyclic amines) is 1. The average molecular weight is 357 g/mol. The maximum absolute atomic E-state index is 13.1. The summed E-state index contributed by atoms with van der Waals surface area (Å²) in [5.74, 6) is -0.951. The van der Waals surface area contributed by atoms with Crippen LogP contribution >= 0.6 is 0 Å². The maximum atomic E-state index is 13.1. The van der Waals surface area contributed by atoms with Gasteiger partial charge in [-0.25, -0.2) is 0 Å². The molecule has 3 N–H and O–H groups in total. The Hall–Kier alpha value is -2.09. The number of primary amides is 1. The second kappa shape index (κ2) is 7.86. The van der Waals surface area contributed by atoms with Gasteiger partial charge in [0.25, 0.3) is 0 Å². The summed E-state index contributed by atoms with van der Waals surface area (Å²) in [5.41, 5.74) is 4.46. The Labute approximate surface area is 144 Å². The molecule has 0 bridgehead atoms. The van der Waals surface area contributed by atoms with Gasteiger partial charge in [-0.15, -0.1) is 0 Å². The van der Waals surface area contributed by atoms with Crippen molar-refractivity contribution in [2.75, 3.05) is 19.6 Å². The number of alkyl halides is 3. The van der Waals surface area contributed by atoms with E-state index in [-0.39, 0.29) is 23.9 Å². The third-order valence-corrected chi connectivity index (χ3v) is 4.43. The van der Waals surface area contributed by atoms with Crippen molar-refractivity contribution >= 4 is 11.8 Å². The number of rotatable bonds is 5. The number of carbonyl (C=O) groups is 2. The smallest absolute Gasteiger partial charge is 0.369 e. The highest BCUT2D eigenvalue weighted by molar-refractivity contribution is 5.79. The lowest BCUT2D eigenvalue weighted by molar-refractivity contribution is -0.139. The van der Waals surface area contributed by atoms with Crippen LogP contribution in [0.15, 0.2) is 24.3 Å². The molecule has 8 heteroatoms. The van der Waals surface area contributed by atoms with Crippen LogP contribution in [0.25, 0.3) is 0 Å². The number of nitrogens with two attached hydrogens (primary N) is 1. The molecule has 1 atom stereocenters. The number of nitrogens with one attached hydrogen (secondary N) is 1. The molecule has 0 unspecified atom stereocenters. The van der Waals surface area contributed by atoms with E-state index in [1.807, 2.05) is 4.90 Å². The van der Waals surface area contributed by atoms with Crippen LogP contribution in [0.2, 0.25) is 0 Å². The Morgan fingerprint density at radius 3 is 2.44 bits per heavy atom. The summed E-state index contributed by atoms with van der Waals surface area (Å²) >= 11 is 0. The van der Waals surface area contributed by atoms with Crippen molar-refractivity contribution in [3.05, 3.63) is 35.4 Å². The SMILES string of the molecule is C[C@@H](NC(=O)C1CCN(CC(N)=O)CC1)c1ccccc1C(F)(F)F. The Kier molecular flexibility index (Phi) is 6.05. The molecule has 5 nitrogen and oxygen atoms in total. The maximum Gasteiger partial charge on any atom is 0.416 e. The van der Waals surface area contributed by atoms with Gasteiger partial charge in [0.1, 0.15) is 0 Å².